The molecule has 1 amide bonds. The number of fused-ring (bicyclic) bond motifs is 1. The van der Waals surface area contributed by atoms with Crippen LogP contribution >= 0.6 is 0 Å². The zero-order chi connectivity index (χ0) is 21.6. The van der Waals surface area contributed by atoms with Gasteiger partial charge < -0.3 is 19.6 Å². The third-order valence-corrected chi connectivity index (χ3v) is 4.59. The number of amides is 1. The SMILES string of the molecule is CN(C)CCC(=O)N1Cc2ccnn2CC(OCC2CC2)C1.O=C(O)C(F)(F)F. The molecule has 1 aliphatic carbocycles. The van der Waals surface area contributed by atoms with Gasteiger partial charge >= 0.3 is 12.1 Å². The molecule has 1 aliphatic heterocycles. The lowest BCUT2D eigenvalue weighted by atomic mass is 10.2. The fourth-order valence-electron chi connectivity index (χ4n) is 2.74. The Bertz CT molecular complexity index is 689. The summed E-state index contributed by atoms with van der Waals surface area (Å²) in [4.78, 5) is 25.4. The van der Waals surface area contributed by atoms with Gasteiger partial charge in [0.05, 0.1) is 24.9 Å². The van der Waals surface area contributed by atoms with Crippen LogP contribution in [0.5, 0.6) is 0 Å². The van der Waals surface area contributed by atoms with Gasteiger partial charge in [-0.1, -0.05) is 0 Å². The molecule has 0 radical (unpaired) electrons. The fourth-order valence-corrected chi connectivity index (χ4v) is 2.74. The van der Waals surface area contributed by atoms with Crippen LogP contribution in [0.1, 0.15) is 25.0 Å². The van der Waals surface area contributed by atoms with Crippen LogP contribution < -0.4 is 0 Å². The Kier molecular flexibility index (Phi) is 8.03. The summed E-state index contributed by atoms with van der Waals surface area (Å²) in [6, 6.07) is 2.00. The van der Waals surface area contributed by atoms with Crippen LogP contribution in [0, 0.1) is 5.92 Å². The topological polar surface area (TPSA) is 87.9 Å². The van der Waals surface area contributed by atoms with Crippen molar-refractivity contribution in [1.82, 2.24) is 19.6 Å². The van der Waals surface area contributed by atoms with E-state index in [2.05, 4.69) is 5.10 Å². The summed E-state index contributed by atoms with van der Waals surface area (Å²) in [6.45, 7) is 3.65. The van der Waals surface area contributed by atoms with Crippen molar-refractivity contribution in [2.24, 2.45) is 5.92 Å². The lowest BCUT2D eigenvalue weighted by molar-refractivity contribution is -0.192. The Balaban J connectivity index is 0.000000370. The highest BCUT2D eigenvalue weighted by atomic mass is 19.4. The smallest absolute Gasteiger partial charge is 0.475 e. The number of alkyl halides is 3. The number of hydrogen-bond acceptors (Lipinski definition) is 5. The molecule has 0 spiro atoms. The highest BCUT2D eigenvalue weighted by molar-refractivity contribution is 5.76. The monoisotopic (exact) mass is 420 g/mol. The van der Waals surface area contributed by atoms with E-state index in [9.17, 15) is 18.0 Å². The number of halogens is 3. The third-order valence-electron chi connectivity index (χ3n) is 4.59. The molecule has 2 heterocycles. The number of carbonyl (C=O) groups is 2. The van der Waals surface area contributed by atoms with Crippen molar-refractivity contribution < 1.29 is 32.6 Å². The summed E-state index contributed by atoms with van der Waals surface area (Å²) in [5.74, 6) is -1.82. The number of hydrogen-bond donors (Lipinski definition) is 1. The van der Waals surface area contributed by atoms with Crippen LogP contribution in [-0.4, -0.2) is 82.6 Å². The molecule has 1 unspecified atom stereocenters. The molecular formula is C18H27F3N4O4. The van der Waals surface area contributed by atoms with Crippen LogP contribution in [0.15, 0.2) is 12.3 Å². The first-order valence-corrected chi connectivity index (χ1v) is 9.41. The van der Waals surface area contributed by atoms with Gasteiger partial charge in [-0.05, 0) is 38.9 Å². The van der Waals surface area contributed by atoms with E-state index in [1.165, 1.54) is 12.8 Å². The van der Waals surface area contributed by atoms with Crippen molar-refractivity contribution >= 4 is 11.9 Å². The van der Waals surface area contributed by atoms with Crippen LogP contribution in [0.3, 0.4) is 0 Å². The molecule has 1 fully saturated rings. The Labute approximate surface area is 167 Å². The Hall–Kier alpha value is -2.14. The molecule has 164 valence electrons. The molecule has 0 bridgehead atoms. The van der Waals surface area contributed by atoms with Crippen LogP contribution in [0.2, 0.25) is 0 Å². The second kappa shape index (κ2) is 10.1. The first-order chi connectivity index (χ1) is 13.6. The normalized spacial score (nSPS) is 19.2. The molecule has 29 heavy (non-hydrogen) atoms. The van der Waals surface area contributed by atoms with E-state index < -0.39 is 12.1 Å². The van der Waals surface area contributed by atoms with Crippen molar-refractivity contribution in [2.75, 3.05) is 33.8 Å². The largest absolute Gasteiger partial charge is 0.490 e. The molecule has 11 heteroatoms. The van der Waals surface area contributed by atoms with Crippen molar-refractivity contribution in [1.29, 1.82) is 0 Å². The maximum atomic E-state index is 12.5. The number of aromatic nitrogens is 2. The van der Waals surface area contributed by atoms with E-state index >= 15 is 0 Å². The third kappa shape index (κ3) is 8.01. The molecule has 2 aliphatic rings. The molecule has 0 saturated heterocycles. The Morgan fingerprint density at radius 1 is 1.31 bits per heavy atom. The fraction of sp³-hybridized carbons (Fsp3) is 0.722. The zero-order valence-electron chi connectivity index (χ0n) is 16.6. The van der Waals surface area contributed by atoms with Gasteiger partial charge in [-0.25, -0.2) is 4.79 Å². The second-order valence-corrected chi connectivity index (χ2v) is 7.53. The van der Waals surface area contributed by atoms with Crippen molar-refractivity contribution in [3.8, 4) is 0 Å². The van der Waals surface area contributed by atoms with Crippen LogP contribution in [0.25, 0.3) is 0 Å². The predicted octanol–water partition coefficient (Wildman–Crippen LogP) is 1.61. The van der Waals surface area contributed by atoms with Gasteiger partial charge in [0, 0.05) is 32.3 Å². The molecular weight excluding hydrogens is 393 g/mol. The predicted molar refractivity (Wildman–Crippen MR) is 97.0 cm³/mol. The molecule has 8 nitrogen and oxygen atoms in total. The van der Waals surface area contributed by atoms with E-state index in [1.54, 1.807) is 6.20 Å². The van der Waals surface area contributed by atoms with Gasteiger partial charge in [-0.2, -0.15) is 18.3 Å². The first kappa shape index (κ1) is 23.1. The average Bonchev–Trinajstić information content (AvgIpc) is 3.39. The molecule has 1 atom stereocenters. The van der Waals surface area contributed by atoms with Gasteiger partial charge in [0.1, 0.15) is 0 Å². The maximum absolute atomic E-state index is 12.5. The summed E-state index contributed by atoms with van der Waals surface area (Å²) in [5.41, 5.74) is 1.09. The van der Waals surface area contributed by atoms with E-state index in [0.29, 0.717) is 19.5 Å². The average molecular weight is 420 g/mol. The summed E-state index contributed by atoms with van der Waals surface area (Å²) < 4.78 is 39.8. The minimum Gasteiger partial charge on any atom is -0.475 e. The second-order valence-electron chi connectivity index (χ2n) is 7.53. The summed E-state index contributed by atoms with van der Waals surface area (Å²) >= 11 is 0. The van der Waals surface area contributed by atoms with Crippen molar-refractivity contribution in [3.05, 3.63) is 18.0 Å². The first-order valence-electron chi connectivity index (χ1n) is 9.41. The van der Waals surface area contributed by atoms with Gasteiger partial charge in [0.15, 0.2) is 0 Å². The van der Waals surface area contributed by atoms with Crippen molar-refractivity contribution in [3.63, 3.8) is 0 Å². The number of rotatable bonds is 6. The molecule has 3 rings (SSSR count). The lowest BCUT2D eigenvalue weighted by Crippen LogP contribution is -2.38. The maximum Gasteiger partial charge on any atom is 0.490 e. The van der Waals surface area contributed by atoms with Gasteiger partial charge in [-0.3, -0.25) is 9.48 Å². The quantitative estimate of drug-likeness (QED) is 0.752. The molecule has 1 N–H and O–H groups in total. The van der Waals surface area contributed by atoms with E-state index in [1.807, 2.05) is 34.6 Å². The number of carboxylic acids is 1. The highest BCUT2D eigenvalue weighted by Crippen LogP contribution is 2.29. The van der Waals surface area contributed by atoms with E-state index in [4.69, 9.17) is 14.6 Å². The van der Waals surface area contributed by atoms with Gasteiger partial charge in [-0.15, -0.1) is 0 Å². The van der Waals surface area contributed by atoms with Crippen LogP contribution in [-0.2, 0) is 27.4 Å². The minimum atomic E-state index is -5.08. The summed E-state index contributed by atoms with van der Waals surface area (Å²) in [7, 11) is 3.98. The minimum absolute atomic E-state index is 0.0463. The number of nitrogens with zero attached hydrogens (tertiary/aromatic N) is 4. The lowest BCUT2D eigenvalue weighted by Gasteiger charge is -2.25. The van der Waals surface area contributed by atoms with E-state index in [0.717, 1.165) is 31.3 Å². The van der Waals surface area contributed by atoms with E-state index in [-0.39, 0.29) is 12.0 Å². The van der Waals surface area contributed by atoms with Crippen LogP contribution in [0.4, 0.5) is 13.2 Å². The summed E-state index contributed by atoms with van der Waals surface area (Å²) in [6.07, 6.45) is -0.112. The molecule has 1 aromatic heterocycles. The number of carboxylic acid groups (broad SMARTS) is 1. The zero-order valence-corrected chi connectivity index (χ0v) is 16.6. The summed E-state index contributed by atoms with van der Waals surface area (Å²) in [5, 5.41) is 11.5. The molecule has 1 saturated carbocycles. The number of aliphatic carboxylic acids is 1. The molecule has 0 aromatic carbocycles. The molecule has 1 aromatic rings. The van der Waals surface area contributed by atoms with Crippen molar-refractivity contribution in [2.45, 2.75) is 44.6 Å². The Morgan fingerprint density at radius 2 is 1.97 bits per heavy atom. The van der Waals surface area contributed by atoms with Gasteiger partial charge in [0.2, 0.25) is 5.91 Å². The highest BCUT2D eigenvalue weighted by Gasteiger charge is 2.38. The standard InChI is InChI=1S/C16H26N4O2.C2HF3O2/c1-18(2)8-6-16(21)19-9-14-5-7-17-20(14)11-15(10-19)22-12-13-3-4-13;3-2(4,5)1(6)7/h5,7,13,15H,3-4,6,8-12H2,1-2H3;(H,6,7). The Morgan fingerprint density at radius 3 is 2.52 bits per heavy atom. The van der Waals surface area contributed by atoms with Gasteiger partial charge in [0.25, 0.3) is 0 Å². The number of carbonyl (C=O) groups excluding carboxylic acids is 1. The number of ether oxygens (including phenoxy) is 1.